The van der Waals surface area contributed by atoms with Crippen LogP contribution in [0.4, 0.5) is 5.82 Å². The first-order chi connectivity index (χ1) is 12.6. The topological polar surface area (TPSA) is 96.8 Å². The maximum atomic E-state index is 10.7. The molecule has 1 aromatic heterocycles. The molecule has 0 amide bonds. The summed E-state index contributed by atoms with van der Waals surface area (Å²) in [5.74, 6) is 2.36. The predicted molar refractivity (Wildman–Crippen MR) is 97.1 cm³/mol. The Labute approximate surface area is 181 Å². The Balaban J connectivity index is 0.00000261. The zero-order valence-corrected chi connectivity index (χ0v) is 18.9. The number of benzene rings is 1. The molecule has 1 aliphatic heterocycles. The van der Waals surface area contributed by atoms with Crippen LogP contribution in [0.2, 0.25) is 0 Å². The third-order valence-corrected chi connectivity index (χ3v) is 5.11. The van der Waals surface area contributed by atoms with Crippen LogP contribution in [0.15, 0.2) is 18.5 Å². The van der Waals surface area contributed by atoms with Crippen molar-refractivity contribution >= 4 is 25.0 Å². The van der Waals surface area contributed by atoms with Gasteiger partial charge in [0.15, 0.2) is 11.5 Å². The molecule has 27 heavy (non-hydrogen) atoms. The predicted octanol–water partition coefficient (Wildman–Crippen LogP) is -0.976. The summed E-state index contributed by atoms with van der Waals surface area (Å²) >= 11 is 0. The third-order valence-electron chi connectivity index (χ3n) is 4.70. The summed E-state index contributed by atoms with van der Waals surface area (Å²) in [6.45, 7) is 1.91. The molecule has 1 saturated heterocycles. The van der Waals surface area contributed by atoms with Crippen LogP contribution in [0, 0.1) is 5.92 Å². The number of ether oxygens (including phenoxy) is 2. The summed E-state index contributed by atoms with van der Waals surface area (Å²) in [6, 6.07) is 3.75. The van der Waals surface area contributed by atoms with E-state index in [1.165, 1.54) is 0 Å². The van der Waals surface area contributed by atoms with Gasteiger partial charge in [-0.25, -0.2) is 9.97 Å². The van der Waals surface area contributed by atoms with Gasteiger partial charge in [-0.1, -0.05) is 0 Å². The maximum Gasteiger partial charge on any atom is 1.00 e. The van der Waals surface area contributed by atoms with Crippen LogP contribution in [0.3, 0.4) is 0 Å². The van der Waals surface area contributed by atoms with Crippen LogP contribution in [0.1, 0.15) is 19.3 Å². The van der Waals surface area contributed by atoms with E-state index in [2.05, 4.69) is 14.9 Å². The van der Waals surface area contributed by atoms with Crippen molar-refractivity contribution in [3.8, 4) is 11.5 Å². The van der Waals surface area contributed by atoms with Crippen molar-refractivity contribution in [2.75, 3.05) is 38.8 Å². The molecular formula is C17H23N3NaO5P. The second-order valence-electron chi connectivity index (χ2n) is 6.27. The van der Waals surface area contributed by atoms with E-state index in [0.29, 0.717) is 11.5 Å². The van der Waals surface area contributed by atoms with Gasteiger partial charge in [0.2, 0.25) is 0 Å². The molecule has 3 rings (SSSR count). The van der Waals surface area contributed by atoms with Crippen molar-refractivity contribution in [1.29, 1.82) is 0 Å². The van der Waals surface area contributed by atoms with E-state index in [-0.39, 0.29) is 42.1 Å². The van der Waals surface area contributed by atoms with E-state index in [1.807, 2.05) is 12.1 Å². The smallest absolute Gasteiger partial charge is 0.781 e. The van der Waals surface area contributed by atoms with Gasteiger partial charge in [0.05, 0.1) is 26.3 Å². The van der Waals surface area contributed by atoms with Crippen LogP contribution in [0.25, 0.3) is 10.9 Å². The molecular weight excluding hydrogens is 380 g/mol. The third kappa shape index (κ3) is 5.56. The Hall–Kier alpha value is -0.890. The van der Waals surface area contributed by atoms with Gasteiger partial charge in [0, 0.05) is 24.5 Å². The largest absolute Gasteiger partial charge is 1.00 e. The van der Waals surface area contributed by atoms with Gasteiger partial charge in [-0.3, -0.25) is 0 Å². The molecule has 0 aliphatic carbocycles. The first-order valence-corrected chi connectivity index (χ1v) is 9.80. The minimum atomic E-state index is -3.11. The number of anilines is 1. The Morgan fingerprint density at radius 2 is 1.93 bits per heavy atom. The normalized spacial score (nSPS) is 18.5. The molecule has 10 heteroatoms. The molecule has 0 radical (unpaired) electrons. The van der Waals surface area contributed by atoms with Crippen molar-refractivity contribution in [1.82, 2.24) is 9.97 Å². The summed E-state index contributed by atoms with van der Waals surface area (Å²) in [4.78, 5) is 21.7. The molecule has 1 fully saturated rings. The van der Waals surface area contributed by atoms with Crippen LogP contribution in [-0.2, 0) is 9.09 Å². The summed E-state index contributed by atoms with van der Waals surface area (Å²) in [7, 11) is 0.0863. The van der Waals surface area contributed by atoms with Crippen LogP contribution >= 0.6 is 8.25 Å². The molecule has 8 nitrogen and oxygen atoms in total. The van der Waals surface area contributed by atoms with Crippen LogP contribution < -0.4 is 48.8 Å². The number of rotatable bonds is 6. The Bertz CT molecular complexity index is 794. The van der Waals surface area contributed by atoms with Crippen molar-refractivity contribution < 1.29 is 53.0 Å². The molecule has 1 aliphatic rings. The molecule has 2 atom stereocenters. The maximum absolute atomic E-state index is 10.7. The fraction of sp³-hybridized carbons (Fsp3) is 0.529. The summed E-state index contributed by atoms with van der Waals surface area (Å²) in [6.07, 6.45) is 4.30. The van der Waals surface area contributed by atoms with Gasteiger partial charge in [-0.15, -0.1) is 0 Å². The SMILES string of the molecule is COc1cc2ncnc(N3CCCC(CO[PH](=O)[O-])CC3)c2cc1OC.[Na+]. The summed E-state index contributed by atoms with van der Waals surface area (Å²) in [5, 5.41) is 0.907. The number of hydrogen-bond acceptors (Lipinski definition) is 8. The molecule has 142 valence electrons. The van der Waals surface area contributed by atoms with Gasteiger partial charge in [-0.05, 0) is 31.2 Å². The number of fused-ring (bicyclic) bond motifs is 1. The summed E-state index contributed by atoms with van der Waals surface area (Å²) < 4.78 is 26.3. The van der Waals surface area contributed by atoms with E-state index in [9.17, 15) is 9.46 Å². The average molecular weight is 403 g/mol. The molecule has 0 N–H and O–H groups in total. The van der Waals surface area contributed by atoms with Crippen molar-refractivity contribution in [3.05, 3.63) is 18.5 Å². The number of nitrogens with zero attached hydrogens (tertiary/aromatic N) is 3. The first-order valence-electron chi connectivity index (χ1n) is 8.57. The number of aromatic nitrogens is 2. The van der Waals surface area contributed by atoms with Crippen molar-refractivity contribution in [2.24, 2.45) is 5.92 Å². The summed E-state index contributed by atoms with van der Waals surface area (Å²) in [5.41, 5.74) is 0.793. The average Bonchev–Trinajstić information content (AvgIpc) is 2.90. The quantitative estimate of drug-likeness (QED) is 0.449. The van der Waals surface area contributed by atoms with E-state index in [0.717, 1.165) is 49.1 Å². The second-order valence-corrected chi connectivity index (χ2v) is 7.06. The van der Waals surface area contributed by atoms with Gasteiger partial charge in [-0.2, -0.15) is 0 Å². The number of methoxy groups -OCH3 is 2. The van der Waals surface area contributed by atoms with Crippen LogP contribution in [0.5, 0.6) is 11.5 Å². The Morgan fingerprint density at radius 1 is 1.19 bits per heavy atom. The molecule has 1 aromatic carbocycles. The van der Waals surface area contributed by atoms with Crippen molar-refractivity contribution in [3.63, 3.8) is 0 Å². The molecule has 0 bridgehead atoms. The fourth-order valence-corrected chi connectivity index (χ4v) is 3.72. The Morgan fingerprint density at radius 3 is 2.63 bits per heavy atom. The van der Waals surface area contributed by atoms with Gasteiger partial charge in [0.25, 0.3) is 0 Å². The molecule has 0 spiro atoms. The van der Waals surface area contributed by atoms with Gasteiger partial charge in [0.1, 0.15) is 20.4 Å². The van der Waals surface area contributed by atoms with E-state index in [1.54, 1.807) is 20.5 Å². The molecule has 2 unspecified atom stereocenters. The van der Waals surface area contributed by atoms with Crippen LogP contribution in [-0.4, -0.2) is 43.9 Å². The number of hydrogen-bond donors (Lipinski definition) is 0. The van der Waals surface area contributed by atoms with E-state index >= 15 is 0 Å². The Kier molecular flexibility index (Phi) is 8.79. The molecule has 0 saturated carbocycles. The standard InChI is InChI=1S/C17H24N3O5P.Na/c1-23-15-8-13-14(9-16(15)24-2)18-11-19-17(13)20-6-3-4-12(5-7-20)10-25-26(21)22;/h8-9,11-12,26H,3-7,10H2,1-2H3,(H,21,22);/q;+1/p-1. The monoisotopic (exact) mass is 403 g/mol. The van der Waals surface area contributed by atoms with Gasteiger partial charge < -0.3 is 28.4 Å². The molecule has 2 heterocycles. The zero-order chi connectivity index (χ0) is 18.5. The molecule has 2 aromatic rings. The van der Waals surface area contributed by atoms with Gasteiger partial charge >= 0.3 is 29.6 Å². The minimum Gasteiger partial charge on any atom is -0.781 e. The minimum absolute atomic E-state index is 0. The van der Waals surface area contributed by atoms with E-state index in [4.69, 9.17) is 14.0 Å². The first kappa shape index (κ1) is 22.4. The van der Waals surface area contributed by atoms with Crippen molar-refractivity contribution in [2.45, 2.75) is 19.3 Å². The van der Waals surface area contributed by atoms with E-state index < -0.39 is 8.25 Å². The zero-order valence-electron chi connectivity index (χ0n) is 15.9. The fourth-order valence-electron chi connectivity index (χ4n) is 3.35. The second kappa shape index (κ2) is 10.6.